The molecule has 2 atom stereocenters. The minimum Gasteiger partial charge on any atom is -0.366 e. The molecular formula is C11H20N2O2. The van der Waals surface area contributed by atoms with Crippen LogP contribution in [0.2, 0.25) is 0 Å². The van der Waals surface area contributed by atoms with E-state index < -0.39 is 0 Å². The molecule has 4 heteroatoms. The Morgan fingerprint density at radius 2 is 2.33 bits per heavy atom. The Kier molecular flexibility index (Phi) is 3.59. The number of carbonyl (C=O) groups is 1. The first-order chi connectivity index (χ1) is 7.27. The predicted molar refractivity (Wildman–Crippen MR) is 57.6 cm³/mol. The lowest BCUT2D eigenvalue weighted by molar-refractivity contribution is -0.135. The van der Waals surface area contributed by atoms with Gasteiger partial charge in [0.15, 0.2) is 0 Å². The summed E-state index contributed by atoms with van der Waals surface area (Å²) in [5.74, 6) is 0.729. The molecule has 0 bridgehead atoms. The van der Waals surface area contributed by atoms with Crippen molar-refractivity contribution in [2.24, 2.45) is 5.92 Å². The Bertz CT molecular complexity index is 223. The molecule has 1 heterocycles. The van der Waals surface area contributed by atoms with Gasteiger partial charge in [0, 0.05) is 19.1 Å². The van der Waals surface area contributed by atoms with Gasteiger partial charge < -0.3 is 15.4 Å². The van der Waals surface area contributed by atoms with Crippen LogP contribution in [0.1, 0.15) is 26.2 Å². The molecule has 2 fully saturated rings. The standard InChI is InChI=1S/C11H20N2O2/c1-8(9-3-2-4-9)13-11(14)10-7-12-5-6-15-10/h8-10,12H,2-7H2,1H3,(H,13,14). The van der Waals surface area contributed by atoms with Gasteiger partial charge in [0.2, 0.25) is 0 Å². The van der Waals surface area contributed by atoms with E-state index in [0.29, 0.717) is 25.1 Å². The quantitative estimate of drug-likeness (QED) is 0.706. The summed E-state index contributed by atoms with van der Waals surface area (Å²) >= 11 is 0. The Labute approximate surface area is 90.8 Å². The van der Waals surface area contributed by atoms with Crippen molar-refractivity contribution in [2.75, 3.05) is 19.7 Å². The molecule has 1 saturated heterocycles. The van der Waals surface area contributed by atoms with Gasteiger partial charge in [-0.3, -0.25) is 4.79 Å². The van der Waals surface area contributed by atoms with E-state index in [4.69, 9.17) is 4.74 Å². The van der Waals surface area contributed by atoms with E-state index in [2.05, 4.69) is 17.6 Å². The van der Waals surface area contributed by atoms with E-state index >= 15 is 0 Å². The highest BCUT2D eigenvalue weighted by molar-refractivity contribution is 5.81. The lowest BCUT2D eigenvalue weighted by atomic mass is 9.80. The van der Waals surface area contributed by atoms with Gasteiger partial charge in [-0.1, -0.05) is 6.42 Å². The van der Waals surface area contributed by atoms with Gasteiger partial charge in [-0.05, 0) is 25.7 Å². The van der Waals surface area contributed by atoms with E-state index in [9.17, 15) is 4.79 Å². The zero-order valence-electron chi connectivity index (χ0n) is 9.29. The monoisotopic (exact) mass is 212 g/mol. The molecule has 2 N–H and O–H groups in total. The number of amides is 1. The Morgan fingerprint density at radius 3 is 2.87 bits per heavy atom. The van der Waals surface area contributed by atoms with Crippen LogP contribution in [0.15, 0.2) is 0 Å². The molecule has 1 amide bonds. The number of morpholine rings is 1. The maximum absolute atomic E-state index is 11.8. The average molecular weight is 212 g/mol. The van der Waals surface area contributed by atoms with Gasteiger partial charge in [-0.2, -0.15) is 0 Å². The van der Waals surface area contributed by atoms with Crippen molar-refractivity contribution in [2.45, 2.75) is 38.3 Å². The van der Waals surface area contributed by atoms with Crippen LogP contribution >= 0.6 is 0 Å². The number of nitrogens with one attached hydrogen (secondary N) is 2. The lowest BCUT2D eigenvalue weighted by Gasteiger charge is -2.33. The number of rotatable bonds is 3. The van der Waals surface area contributed by atoms with Crippen molar-refractivity contribution in [3.05, 3.63) is 0 Å². The lowest BCUT2D eigenvalue weighted by Crippen LogP contribution is -2.51. The summed E-state index contributed by atoms with van der Waals surface area (Å²) in [5, 5.41) is 6.21. The van der Waals surface area contributed by atoms with Crippen LogP contribution in [0.4, 0.5) is 0 Å². The number of ether oxygens (including phenoxy) is 1. The first kappa shape index (κ1) is 10.9. The molecule has 0 aromatic rings. The van der Waals surface area contributed by atoms with E-state index in [1.54, 1.807) is 0 Å². The average Bonchev–Trinajstić information content (AvgIpc) is 2.16. The molecule has 0 aromatic carbocycles. The Hall–Kier alpha value is -0.610. The summed E-state index contributed by atoms with van der Waals surface area (Å²) in [6, 6.07) is 0.303. The SMILES string of the molecule is CC(NC(=O)C1CNCCO1)C1CCC1. The zero-order valence-corrected chi connectivity index (χ0v) is 9.29. The third-order valence-corrected chi connectivity index (χ3v) is 3.45. The van der Waals surface area contributed by atoms with Gasteiger partial charge >= 0.3 is 0 Å². The highest BCUT2D eigenvalue weighted by Crippen LogP contribution is 2.29. The highest BCUT2D eigenvalue weighted by Gasteiger charge is 2.28. The van der Waals surface area contributed by atoms with Gasteiger partial charge in [0.25, 0.3) is 5.91 Å². The van der Waals surface area contributed by atoms with Crippen molar-refractivity contribution < 1.29 is 9.53 Å². The van der Waals surface area contributed by atoms with Crippen LogP contribution in [0.25, 0.3) is 0 Å². The highest BCUT2D eigenvalue weighted by atomic mass is 16.5. The van der Waals surface area contributed by atoms with Crippen LogP contribution in [0.3, 0.4) is 0 Å². The molecule has 2 unspecified atom stereocenters. The summed E-state index contributed by atoms with van der Waals surface area (Å²) < 4.78 is 5.40. The molecule has 0 aromatic heterocycles. The largest absolute Gasteiger partial charge is 0.366 e. The fourth-order valence-corrected chi connectivity index (χ4v) is 2.11. The predicted octanol–water partition coefficient (Wildman–Crippen LogP) is 0.280. The first-order valence-electron chi connectivity index (χ1n) is 5.90. The zero-order chi connectivity index (χ0) is 10.7. The van der Waals surface area contributed by atoms with Crippen molar-refractivity contribution in [3.8, 4) is 0 Å². The molecule has 2 rings (SSSR count). The number of carbonyl (C=O) groups excluding carboxylic acids is 1. The molecule has 0 spiro atoms. The molecule has 15 heavy (non-hydrogen) atoms. The Morgan fingerprint density at radius 1 is 1.53 bits per heavy atom. The summed E-state index contributed by atoms with van der Waals surface area (Å²) in [7, 11) is 0. The fourth-order valence-electron chi connectivity index (χ4n) is 2.11. The minimum atomic E-state index is -0.290. The van der Waals surface area contributed by atoms with Crippen molar-refractivity contribution >= 4 is 5.91 Å². The molecular weight excluding hydrogens is 192 g/mol. The van der Waals surface area contributed by atoms with Gasteiger partial charge in [-0.15, -0.1) is 0 Å². The third kappa shape index (κ3) is 2.69. The fraction of sp³-hybridized carbons (Fsp3) is 0.909. The van der Waals surface area contributed by atoms with Crippen LogP contribution in [-0.4, -0.2) is 37.7 Å². The number of hydrogen-bond donors (Lipinski definition) is 2. The molecule has 4 nitrogen and oxygen atoms in total. The second kappa shape index (κ2) is 4.94. The minimum absolute atomic E-state index is 0.0431. The van der Waals surface area contributed by atoms with Crippen molar-refractivity contribution in [1.29, 1.82) is 0 Å². The first-order valence-corrected chi connectivity index (χ1v) is 5.90. The van der Waals surface area contributed by atoms with E-state index in [1.165, 1.54) is 19.3 Å². The van der Waals surface area contributed by atoms with E-state index in [1.807, 2.05) is 0 Å². The van der Waals surface area contributed by atoms with Gasteiger partial charge in [0.05, 0.1) is 6.61 Å². The Balaban J connectivity index is 1.74. The van der Waals surface area contributed by atoms with Crippen LogP contribution in [0, 0.1) is 5.92 Å². The van der Waals surface area contributed by atoms with Crippen molar-refractivity contribution in [1.82, 2.24) is 10.6 Å². The summed E-state index contributed by atoms with van der Waals surface area (Å²) in [6.45, 7) is 4.22. The summed E-state index contributed by atoms with van der Waals surface area (Å²) in [6.07, 6.45) is 3.53. The number of hydrogen-bond acceptors (Lipinski definition) is 3. The molecule has 2 aliphatic rings. The molecule has 86 valence electrons. The molecule has 0 radical (unpaired) electrons. The van der Waals surface area contributed by atoms with Gasteiger partial charge in [0.1, 0.15) is 6.10 Å². The molecule has 1 aliphatic heterocycles. The second-order valence-electron chi connectivity index (χ2n) is 4.55. The molecule has 1 saturated carbocycles. The maximum atomic E-state index is 11.8. The van der Waals surface area contributed by atoms with E-state index in [0.717, 1.165) is 6.54 Å². The van der Waals surface area contributed by atoms with Crippen LogP contribution < -0.4 is 10.6 Å². The third-order valence-electron chi connectivity index (χ3n) is 3.45. The smallest absolute Gasteiger partial charge is 0.250 e. The van der Waals surface area contributed by atoms with Crippen LogP contribution in [-0.2, 0) is 9.53 Å². The normalized spacial score (nSPS) is 29.3. The molecule has 1 aliphatic carbocycles. The maximum Gasteiger partial charge on any atom is 0.250 e. The van der Waals surface area contributed by atoms with Crippen molar-refractivity contribution in [3.63, 3.8) is 0 Å². The topological polar surface area (TPSA) is 50.4 Å². The van der Waals surface area contributed by atoms with E-state index in [-0.39, 0.29) is 12.0 Å². The van der Waals surface area contributed by atoms with Crippen LogP contribution in [0.5, 0.6) is 0 Å². The summed E-state index contributed by atoms with van der Waals surface area (Å²) in [5.41, 5.74) is 0. The second-order valence-corrected chi connectivity index (χ2v) is 4.55. The van der Waals surface area contributed by atoms with Gasteiger partial charge in [-0.25, -0.2) is 0 Å². The summed E-state index contributed by atoms with van der Waals surface area (Å²) in [4.78, 5) is 11.8.